The highest BCUT2D eigenvalue weighted by Gasteiger charge is 2.41. The van der Waals surface area contributed by atoms with Gasteiger partial charge >= 0.3 is 0 Å². The van der Waals surface area contributed by atoms with E-state index in [-0.39, 0.29) is 12.8 Å². The van der Waals surface area contributed by atoms with Gasteiger partial charge in [-0.2, -0.15) is 0 Å². The minimum atomic E-state index is -3.73. The van der Waals surface area contributed by atoms with Crippen LogP contribution in [-0.4, -0.2) is 36.8 Å². The van der Waals surface area contributed by atoms with Crippen LogP contribution >= 0.6 is 0 Å². The van der Waals surface area contributed by atoms with Crippen LogP contribution in [-0.2, 0) is 19.6 Å². The molecule has 114 valence electrons. The van der Waals surface area contributed by atoms with Crippen molar-refractivity contribution in [1.29, 1.82) is 0 Å². The maximum atomic E-state index is 12.3. The summed E-state index contributed by atoms with van der Waals surface area (Å²) >= 11 is 0. The van der Waals surface area contributed by atoms with Gasteiger partial charge in [-0.15, -0.1) is 0 Å². The van der Waals surface area contributed by atoms with Crippen molar-refractivity contribution in [3.05, 3.63) is 29.3 Å². The average Bonchev–Trinajstić information content (AvgIpc) is 2.77. The van der Waals surface area contributed by atoms with Gasteiger partial charge in [0.05, 0.1) is 6.26 Å². The van der Waals surface area contributed by atoms with E-state index in [9.17, 15) is 18.0 Å². The Balaban J connectivity index is 2.24. The molecule has 0 radical (unpaired) electrons. The van der Waals surface area contributed by atoms with Gasteiger partial charge in [-0.3, -0.25) is 9.59 Å². The molecule has 6 nitrogen and oxygen atoms in total. The van der Waals surface area contributed by atoms with E-state index in [1.807, 2.05) is 26.0 Å². The van der Waals surface area contributed by atoms with Crippen LogP contribution in [0.5, 0.6) is 0 Å². The Labute approximate surface area is 124 Å². The first-order valence-corrected chi connectivity index (χ1v) is 8.46. The quantitative estimate of drug-likeness (QED) is 0.909. The van der Waals surface area contributed by atoms with Crippen LogP contribution < -0.4 is 5.32 Å². The topological polar surface area (TPSA) is 83.6 Å². The predicted molar refractivity (Wildman–Crippen MR) is 79.3 cm³/mol. The van der Waals surface area contributed by atoms with E-state index >= 15 is 0 Å². The molecule has 1 unspecified atom stereocenters. The normalized spacial score (nSPS) is 18.9. The molecule has 1 aromatic rings. The zero-order chi connectivity index (χ0) is 15.8. The summed E-state index contributed by atoms with van der Waals surface area (Å²) in [6.07, 6.45) is 1.22. The van der Waals surface area contributed by atoms with Crippen molar-refractivity contribution in [3.63, 3.8) is 0 Å². The van der Waals surface area contributed by atoms with Crippen LogP contribution in [0, 0.1) is 13.8 Å². The van der Waals surface area contributed by atoms with Gasteiger partial charge in [-0.25, -0.2) is 12.7 Å². The van der Waals surface area contributed by atoms with E-state index in [1.165, 1.54) is 0 Å². The van der Waals surface area contributed by atoms with Crippen molar-refractivity contribution < 1.29 is 18.0 Å². The summed E-state index contributed by atoms with van der Waals surface area (Å²) in [4.78, 5) is 24.0. The van der Waals surface area contributed by atoms with Crippen LogP contribution in [0.25, 0.3) is 0 Å². The lowest BCUT2D eigenvalue weighted by atomic mass is 10.1. The number of hydrogen-bond acceptors (Lipinski definition) is 4. The lowest BCUT2D eigenvalue weighted by Gasteiger charge is -2.22. The lowest BCUT2D eigenvalue weighted by Crippen LogP contribution is -2.44. The number of amides is 2. The van der Waals surface area contributed by atoms with E-state index in [0.29, 0.717) is 9.99 Å². The predicted octanol–water partition coefficient (Wildman–Crippen LogP) is 1.19. The Kier molecular flexibility index (Phi) is 4.04. The van der Waals surface area contributed by atoms with Crippen molar-refractivity contribution in [1.82, 2.24) is 4.31 Å². The fourth-order valence-electron chi connectivity index (χ4n) is 2.42. The molecule has 0 bridgehead atoms. The molecule has 0 aromatic heterocycles. The largest absolute Gasteiger partial charge is 0.324 e. The van der Waals surface area contributed by atoms with Crippen molar-refractivity contribution in [3.8, 4) is 0 Å². The first-order valence-electron chi connectivity index (χ1n) is 6.61. The van der Waals surface area contributed by atoms with E-state index in [0.717, 1.165) is 17.4 Å². The number of anilines is 1. The molecule has 0 saturated carbocycles. The molecule has 1 saturated heterocycles. The number of carbonyl (C=O) groups is 2. The van der Waals surface area contributed by atoms with Crippen molar-refractivity contribution in [2.24, 2.45) is 0 Å². The number of aryl methyl sites for hydroxylation is 1. The monoisotopic (exact) mass is 310 g/mol. The summed E-state index contributed by atoms with van der Waals surface area (Å²) in [7, 11) is -3.73. The third-order valence-corrected chi connectivity index (χ3v) is 4.86. The number of carbonyl (C=O) groups excluding carboxylic acids is 2. The third kappa shape index (κ3) is 3.07. The molecule has 21 heavy (non-hydrogen) atoms. The molecule has 2 rings (SSSR count). The van der Waals surface area contributed by atoms with Gasteiger partial charge in [0, 0.05) is 12.1 Å². The highest BCUT2D eigenvalue weighted by atomic mass is 32.2. The van der Waals surface area contributed by atoms with E-state index in [4.69, 9.17) is 0 Å². The second-order valence-corrected chi connectivity index (χ2v) is 7.10. The molecule has 2 amide bonds. The Bertz CT molecular complexity index is 697. The molecule has 1 fully saturated rings. The Morgan fingerprint density at radius 1 is 1.33 bits per heavy atom. The second kappa shape index (κ2) is 5.48. The summed E-state index contributed by atoms with van der Waals surface area (Å²) in [5, 5.41) is 2.72. The molecule has 0 aliphatic carbocycles. The number of nitrogens with zero attached hydrogens (tertiary/aromatic N) is 1. The van der Waals surface area contributed by atoms with Crippen molar-refractivity contribution in [2.45, 2.75) is 32.7 Å². The van der Waals surface area contributed by atoms with E-state index in [1.54, 1.807) is 6.07 Å². The van der Waals surface area contributed by atoms with E-state index < -0.39 is 27.9 Å². The molecule has 1 aromatic carbocycles. The van der Waals surface area contributed by atoms with Crippen LogP contribution in [0.15, 0.2) is 18.2 Å². The molecule has 1 heterocycles. The molecule has 1 atom stereocenters. The van der Waals surface area contributed by atoms with Crippen LogP contribution in [0.1, 0.15) is 24.0 Å². The minimum Gasteiger partial charge on any atom is -0.324 e. The molecule has 1 aliphatic heterocycles. The molecular weight excluding hydrogens is 292 g/mol. The van der Waals surface area contributed by atoms with Crippen molar-refractivity contribution >= 4 is 27.5 Å². The average molecular weight is 310 g/mol. The molecule has 7 heteroatoms. The second-order valence-electron chi connectivity index (χ2n) is 5.24. The summed E-state index contributed by atoms with van der Waals surface area (Å²) in [6.45, 7) is 3.80. The summed E-state index contributed by atoms with van der Waals surface area (Å²) in [5.41, 5.74) is 2.57. The maximum absolute atomic E-state index is 12.3. The molecule has 1 N–H and O–H groups in total. The van der Waals surface area contributed by atoms with Gasteiger partial charge in [0.15, 0.2) is 0 Å². The third-order valence-electron chi connectivity index (χ3n) is 3.68. The smallest absolute Gasteiger partial charge is 0.248 e. The highest BCUT2D eigenvalue weighted by molar-refractivity contribution is 7.89. The minimum absolute atomic E-state index is 0.0674. The van der Waals surface area contributed by atoms with Gasteiger partial charge < -0.3 is 5.32 Å². The Morgan fingerprint density at radius 3 is 2.62 bits per heavy atom. The number of nitrogens with one attached hydrogen (secondary N) is 1. The SMILES string of the molecule is Cc1cccc(NC(=O)C2CCC(=O)N2S(C)(=O)=O)c1C. The Morgan fingerprint density at radius 2 is 2.00 bits per heavy atom. The standard InChI is InChI=1S/C14H18N2O4S/c1-9-5-4-6-11(10(9)2)15-14(18)12-7-8-13(17)16(12)21(3,19)20/h4-6,12H,7-8H2,1-3H3,(H,15,18). The first-order chi connectivity index (χ1) is 9.71. The van der Waals surface area contributed by atoms with Crippen LogP contribution in [0.3, 0.4) is 0 Å². The zero-order valence-electron chi connectivity index (χ0n) is 12.2. The van der Waals surface area contributed by atoms with E-state index in [2.05, 4.69) is 5.32 Å². The van der Waals surface area contributed by atoms with Crippen molar-refractivity contribution in [2.75, 3.05) is 11.6 Å². The van der Waals surface area contributed by atoms with Gasteiger partial charge in [-0.1, -0.05) is 12.1 Å². The summed E-state index contributed by atoms with van der Waals surface area (Å²) in [5.74, 6) is -1.00. The van der Waals surface area contributed by atoms with Crippen LogP contribution in [0.2, 0.25) is 0 Å². The maximum Gasteiger partial charge on any atom is 0.248 e. The fraction of sp³-hybridized carbons (Fsp3) is 0.429. The Hall–Kier alpha value is -1.89. The highest BCUT2D eigenvalue weighted by Crippen LogP contribution is 2.24. The van der Waals surface area contributed by atoms with Gasteiger partial charge in [0.1, 0.15) is 6.04 Å². The zero-order valence-corrected chi connectivity index (χ0v) is 13.0. The van der Waals surface area contributed by atoms with Gasteiger partial charge in [0.25, 0.3) is 0 Å². The van der Waals surface area contributed by atoms with Crippen LogP contribution in [0.4, 0.5) is 5.69 Å². The fourth-order valence-corrected chi connectivity index (χ4v) is 3.54. The number of hydrogen-bond donors (Lipinski definition) is 1. The first kappa shape index (κ1) is 15.5. The lowest BCUT2D eigenvalue weighted by molar-refractivity contribution is -0.128. The number of rotatable bonds is 3. The number of benzene rings is 1. The molecular formula is C14H18N2O4S. The number of sulfonamides is 1. The molecule has 0 spiro atoms. The summed E-state index contributed by atoms with van der Waals surface area (Å²) < 4.78 is 24.0. The van der Waals surface area contributed by atoms with Gasteiger partial charge in [-0.05, 0) is 37.5 Å². The summed E-state index contributed by atoms with van der Waals surface area (Å²) in [6, 6.07) is 4.52. The molecule has 1 aliphatic rings. The van der Waals surface area contributed by atoms with Gasteiger partial charge in [0.2, 0.25) is 21.8 Å².